The molecular formula is C19H24N2O5. The number of amides is 2. The van der Waals surface area contributed by atoms with Crippen LogP contribution in [0.1, 0.15) is 32.1 Å². The molecule has 26 heavy (non-hydrogen) atoms. The van der Waals surface area contributed by atoms with E-state index in [-0.39, 0.29) is 17.7 Å². The number of carboxylic acid groups (broad SMARTS) is 1. The number of carbonyl (C=O) groups is 3. The van der Waals surface area contributed by atoms with E-state index in [0.29, 0.717) is 51.8 Å². The van der Waals surface area contributed by atoms with Gasteiger partial charge in [-0.15, -0.1) is 0 Å². The third-order valence-corrected chi connectivity index (χ3v) is 5.07. The van der Waals surface area contributed by atoms with Gasteiger partial charge in [0, 0.05) is 19.0 Å². The van der Waals surface area contributed by atoms with Gasteiger partial charge >= 0.3 is 5.97 Å². The van der Waals surface area contributed by atoms with Crippen molar-refractivity contribution < 1.29 is 24.2 Å². The Morgan fingerprint density at radius 2 is 1.81 bits per heavy atom. The Kier molecular flexibility index (Phi) is 5.44. The van der Waals surface area contributed by atoms with E-state index in [1.807, 2.05) is 30.3 Å². The minimum Gasteiger partial charge on any atom is -0.493 e. The van der Waals surface area contributed by atoms with Crippen LogP contribution >= 0.6 is 0 Å². The number of hydrogen-bond acceptors (Lipinski definition) is 4. The third-order valence-electron chi connectivity index (χ3n) is 5.07. The zero-order chi connectivity index (χ0) is 18.6. The molecule has 1 aliphatic heterocycles. The van der Waals surface area contributed by atoms with Crippen LogP contribution in [-0.4, -0.2) is 53.0 Å². The lowest BCUT2D eigenvalue weighted by Crippen LogP contribution is -2.49. The topological polar surface area (TPSA) is 95.9 Å². The van der Waals surface area contributed by atoms with Gasteiger partial charge in [-0.05, 0) is 37.8 Å². The van der Waals surface area contributed by atoms with Crippen LogP contribution in [0.25, 0.3) is 0 Å². The SMILES string of the molecule is O=C(NC1(C(=O)O)CC1)C1CCN(C(=O)CCOc2ccccc2)CC1. The van der Waals surface area contributed by atoms with Crippen molar-refractivity contribution in [2.24, 2.45) is 5.92 Å². The summed E-state index contributed by atoms with van der Waals surface area (Å²) in [6, 6.07) is 9.35. The van der Waals surface area contributed by atoms with Gasteiger partial charge < -0.3 is 20.1 Å². The molecule has 0 radical (unpaired) electrons. The van der Waals surface area contributed by atoms with Crippen LogP contribution in [0.3, 0.4) is 0 Å². The number of hydrogen-bond donors (Lipinski definition) is 2. The minimum atomic E-state index is -1.04. The van der Waals surface area contributed by atoms with E-state index >= 15 is 0 Å². The number of rotatable bonds is 7. The first-order chi connectivity index (χ1) is 12.5. The summed E-state index contributed by atoms with van der Waals surface area (Å²) in [4.78, 5) is 37.4. The summed E-state index contributed by atoms with van der Waals surface area (Å²) >= 11 is 0. The molecule has 2 fully saturated rings. The van der Waals surface area contributed by atoms with E-state index in [2.05, 4.69) is 5.32 Å². The molecule has 2 amide bonds. The second-order valence-corrected chi connectivity index (χ2v) is 6.94. The van der Waals surface area contributed by atoms with Crippen LogP contribution < -0.4 is 10.1 Å². The number of para-hydroxylation sites is 1. The molecule has 0 unspecified atom stereocenters. The summed E-state index contributed by atoms with van der Waals surface area (Å²) in [6.45, 7) is 1.36. The Hall–Kier alpha value is -2.57. The van der Waals surface area contributed by atoms with Crippen LogP contribution in [0, 0.1) is 5.92 Å². The fourth-order valence-corrected chi connectivity index (χ4v) is 3.18. The first kappa shape index (κ1) is 18.2. The average molecular weight is 360 g/mol. The molecule has 1 aromatic carbocycles. The second kappa shape index (κ2) is 7.76. The van der Waals surface area contributed by atoms with E-state index in [9.17, 15) is 14.4 Å². The van der Waals surface area contributed by atoms with E-state index < -0.39 is 11.5 Å². The Bertz CT molecular complexity index is 664. The average Bonchev–Trinajstić information content (AvgIpc) is 3.43. The predicted octanol–water partition coefficient (Wildman–Crippen LogP) is 1.43. The number of piperidine rings is 1. The van der Waals surface area contributed by atoms with E-state index in [1.165, 1.54) is 0 Å². The fourth-order valence-electron chi connectivity index (χ4n) is 3.18. The Morgan fingerprint density at radius 3 is 2.38 bits per heavy atom. The molecule has 2 N–H and O–H groups in total. The maximum absolute atomic E-state index is 12.3. The molecular weight excluding hydrogens is 336 g/mol. The largest absolute Gasteiger partial charge is 0.493 e. The highest BCUT2D eigenvalue weighted by Crippen LogP contribution is 2.36. The van der Waals surface area contributed by atoms with Gasteiger partial charge in [0.15, 0.2) is 0 Å². The first-order valence-corrected chi connectivity index (χ1v) is 9.01. The molecule has 1 saturated heterocycles. The molecule has 1 heterocycles. The summed E-state index contributed by atoms with van der Waals surface area (Å²) in [7, 11) is 0. The number of nitrogens with zero attached hydrogens (tertiary/aromatic N) is 1. The van der Waals surface area contributed by atoms with Crippen LogP contribution in [0.2, 0.25) is 0 Å². The second-order valence-electron chi connectivity index (χ2n) is 6.94. The normalized spacial score (nSPS) is 18.8. The number of likely N-dealkylation sites (tertiary alicyclic amines) is 1. The number of benzene rings is 1. The fraction of sp³-hybridized carbons (Fsp3) is 0.526. The van der Waals surface area contributed by atoms with Gasteiger partial charge in [-0.3, -0.25) is 9.59 Å². The molecule has 3 rings (SSSR count). The number of carbonyl (C=O) groups excluding carboxylic acids is 2. The number of ether oxygens (including phenoxy) is 1. The van der Waals surface area contributed by atoms with Crippen molar-refractivity contribution >= 4 is 17.8 Å². The van der Waals surface area contributed by atoms with Crippen molar-refractivity contribution in [1.82, 2.24) is 10.2 Å². The molecule has 0 spiro atoms. The summed E-state index contributed by atoms with van der Waals surface area (Å²) < 4.78 is 5.54. The quantitative estimate of drug-likeness (QED) is 0.767. The molecule has 2 aliphatic rings. The van der Waals surface area contributed by atoms with Crippen molar-refractivity contribution in [3.05, 3.63) is 30.3 Å². The lowest BCUT2D eigenvalue weighted by atomic mass is 9.95. The molecule has 1 aliphatic carbocycles. The molecule has 0 bridgehead atoms. The monoisotopic (exact) mass is 360 g/mol. The zero-order valence-electron chi connectivity index (χ0n) is 14.6. The highest BCUT2D eigenvalue weighted by molar-refractivity contribution is 5.90. The molecule has 1 aromatic rings. The van der Waals surface area contributed by atoms with Crippen molar-refractivity contribution in [3.8, 4) is 5.75 Å². The van der Waals surface area contributed by atoms with E-state index in [4.69, 9.17) is 9.84 Å². The van der Waals surface area contributed by atoms with Crippen molar-refractivity contribution in [1.29, 1.82) is 0 Å². The summed E-state index contributed by atoms with van der Waals surface area (Å²) in [5, 5.41) is 11.8. The van der Waals surface area contributed by atoms with E-state index in [1.54, 1.807) is 4.90 Å². The lowest BCUT2D eigenvalue weighted by molar-refractivity contribution is -0.144. The van der Waals surface area contributed by atoms with Crippen LogP contribution in [0.5, 0.6) is 5.75 Å². The molecule has 140 valence electrons. The maximum atomic E-state index is 12.3. The highest BCUT2D eigenvalue weighted by Gasteiger charge is 2.52. The Morgan fingerprint density at radius 1 is 1.15 bits per heavy atom. The maximum Gasteiger partial charge on any atom is 0.329 e. The molecule has 7 nitrogen and oxygen atoms in total. The van der Waals surface area contributed by atoms with Gasteiger partial charge in [0.2, 0.25) is 11.8 Å². The van der Waals surface area contributed by atoms with Gasteiger partial charge in [0.25, 0.3) is 0 Å². The molecule has 7 heteroatoms. The van der Waals surface area contributed by atoms with Crippen molar-refractivity contribution in [2.45, 2.75) is 37.6 Å². The van der Waals surface area contributed by atoms with Gasteiger partial charge in [0.1, 0.15) is 11.3 Å². The third kappa shape index (κ3) is 4.33. The number of aliphatic carboxylic acids is 1. The molecule has 0 atom stereocenters. The predicted molar refractivity (Wildman–Crippen MR) is 93.6 cm³/mol. The van der Waals surface area contributed by atoms with Crippen LogP contribution in [-0.2, 0) is 14.4 Å². The smallest absolute Gasteiger partial charge is 0.329 e. The van der Waals surface area contributed by atoms with E-state index in [0.717, 1.165) is 5.75 Å². The standard InChI is InChI=1S/C19H24N2O5/c22-16(8-13-26-15-4-2-1-3-5-15)21-11-6-14(7-12-21)17(23)20-19(9-10-19)18(24)25/h1-5,14H,6-13H2,(H,20,23)(H,24,25). The zero-order valence-corrected chi connectivity index (χ0v) is 14.6. The van der Waals surface area contributed by atoms with Gasteiger partial charge in [-0.2, -0.15) is 0 Å². The minimum absolute atomic E-state index is 0.0176. The summed E-state index contributed by atoms with van der Waals surface area (Å²) in [5.41, 5.74) is -1.04. The van der Waals surface area contributed by atoms with Gasteiger partial charge in [-0.25, -0.2) is 4.79 Å². The Balaban J connectivity index is 1.38. The molecule has 1 saturated carbocycles. The highest BCUT2D eigenvalue weighted by atomic mass is 16.5. The van der Waals surface area contributed by atoms with Crippen molar-refractivity contribution in [2.75, 3.05) is 19.7 Å². The first-order valence-electron chi connectivity index (χ1n) is 9.01. The van der Waals surface area contributed by atoms with Gasteiger partial charge in [0.05, 0.1) is 13.0 Å². The molecule has 0 aromatic heterocycles. The van der Waals surface area contributed by atoms with Crippen LogP contribution in [0.15, 0.2) is 30.3 Å². The van der Waals surface area contributed by atoms with Gasteiger partial charge in [-0.1, -0.05) is 18.2 Å². The van der Waals surface area contributed by atoms with Crippen LogP contribution in [0.4, 0.5) is 0 Å². The summed E-state index contributed by atoms with van der Waals surface area (Å²) in [6.07, 6.45) is 2.41. The van der Waals surface area contributed by atoms with Crippen molar-refractivity contribution in [3.63, 3.8) is 0 Å². The number of nitrogens with one attached hydrogen (secondary N) is 1. The lowest BCUT2D eigenvalue weighted by Gasteiger charge is -2.32. The summed E-state index contributed by atoms with van der Waals surface area (Å²) in [5.74, 6) is -0.634. The Labute approximate surface area is 152 Å². The number of carboxylic acids is 1.